The Morgan fingerprint density at radius 2 is 1.93 bits per heavy atom. The van der Waals surface area contributed by atoms with Crippen LogP contribution in [-0.2, 0) is 5.75 Å². The molecule has 144 valence electrons. The van der Waals surface area contributed by atoms with E-state index in [4.69, 9.17) is 4.98 Å². The summed E-state index contributed by atoms with van der Waals surface area (Å²) in [5.74, 6) is 2.17. The van der Waals surface area contributed by atoms with Crippen LogP contribution in [0.15, 0.2) is 35.5 Å². The molecule has 27 heavy (non-hydrogen) atoms. The van der Waals surface area contributed by atoms with Gasteiger partial charge in [-0.2, -0.15) is 0 Å². The molecule has 0 radical (unpaired) electrons. The first-order valence-corrected chi connectivity index (χ1v) is 10.5. The van der Waals surface area contributed by atoms with Gasteiger partial charge >= 0.3 is 0 Å². The van der Waals surface area contributed by atoms with Crippen molar-refractivity contribution >= 4 is 23.5 Å². The van der Waals surface area contributed by atoms with Crippen molar-refractivity contribution in [3.8, 4) is 0 Å². The predicted molar refractivity (Wildman–Crippen MR) is 112 cm³/mol. The Kier molecular flexibility index (Phi) is 6.37. The van der Waals surface area contributed by atoms with E-state index in [-0.39, 0.29) is 5.91 Å². The molecule has 1 saturated heterocycles. The average Bonchev–Trinajstić information content (AvgIpc) is 3.20. The summed E-state index contributed by atoms with van der Waals surface area (Å²) >= 11 is 1.62. The van der Waals surface area contributed by atoms with Crippen LogP contribution in [0.4, 0.5) is 5.82 Å². The Bertz CT molecular complexity index is 774. The number of amides is 1. The molecule has 1 aliphatic heterocycles. The van der Waals surface area contributed by atoms with Gasteiger partial charge in [0.1, 0.15) is 5.82 Å². The first kappa shape index (κ1) is 19.7. The van der Waals surface area contributed by atoms with E-state index < -0.39 is 0 Å². The fourth-order valence-corrected chi connectivity index (χ4v) is 3.87. The number of anilines is 1. The Morgan fingerprint density at radius 1 is 1.19 bits per heavy atom. The van der Waals surface area contributed by atoms with Crippen LogP contribution in [0.1, 0.15) is 54.2 Å². The smallest absolute Gasteiger partial charge is 0.253 e. The predicted octanol–water partition coefficient (Wildman–Crippen LogP) is 4.19. The lowest BCUT2D eigenvalue weighted by molar-refractivity contribution is 0.0792. The maximum Gasteiger partial charge on any atom is 0.253 e. The third kappa shape index (κ3) is 5.01. The fourth-order valence-electron chi connectivity index (χ4n) is 3.06. The Hall–Kier alpha value is -2.08. The van der Waals surface area contributed by atoms with Crippen LogP contribution in [0.3, 0.4) is 0 Å². The molecule has 0 unspecified atom stereocenters. The van der Waals surface area contributed by atoms with Gasteiger partial charge < -0.3 is 9.80 Å². The molecular weight excluding hydrogens is 356 g/mol. The lowest BCUT2D eigenvalue weighted by Gasteiger charge is -2.16. The van der Waals surface area contributed by atoms with Gasteiger partial charge in [0, 0.05) is 50.3 Å². The lowest BCUT2D eigenvalue weighted by atomic mass is 10.1. The number of hydrogen-bond donors (Lipinski definition) is 0. The molecule has 5 nitrogen and oxygen atoms in total. The second-order valence-corrected chi connectivity index (χ2v) is 8.41. The summed E-state index contributed by atoms with van der Waals surface area (Å²) in [6, 6.07) is 9.99. The van der Waals surface area contributed by atoms with E-state index in [1.54, 1.807) is 11.8 Å². The summed E-state index contributed by atoms with van der Waals surface area (Å²) in [6.07, 6.45) is 2.22. The first-order valence-electron chi connectivity index (χ1n) is 9.51. The van der Waals surface area contributed by atoms with Crippen molar-refractivity contribution in [2.75, 3.05) is 32.1 Å². The zero-order valence-corrected chi connectivity index (χ0v) is 17.4. The van der Waals surface area contributed by atoms with Gasteiger partial charge in [-0.1, -0.05) is 37.7 Å². The van der Waals surface area contributed by atoms with Crippen LogP contribution in [0, 0.1) is 0 Å². The largest absolute Gasteiger partial charge is 0.363 e. The van der Waals surface area contributed by atoms with Gasteiger partial charge in [-0.3, -0.25) is 4.79 Å². The molecule has 2 heterocycles. The van der Waals surface area contributed by atoms with E-state index in [9.17, 15) is 4.79 Å². The van der Waals surface area contributed by atoms with Crippen LogP contribution in [0.2, 0.25) is 0 Å². The van der Waals surface area contributed by atoms with Crippen LogP contribution in [0.5, 0.6) is 0 Å². The summed E-state index contributed by atoms with van der Waals surface area (Å²) in [4.78, 5) is 25.9. The summed E-state index contributed by atoms with van der Waals surface area (Å²) in [6.45, 7) is 6.04. The molecule has 2 aromatic rings. The van der Waals surface area contributed by atoms with Crippen molar-refractivity contribution in [3.63, 3.8) is 0 Å². The molecule has 6 heteroatoms. The van der Waals surface area contributed by atoms with Gasteiger partial charge in [-0.05, 0) is 36.5 Å². The number of likely N-dealkylation sites (tertiary alicyclic amines) is 1. The molecule has 0 spiro atoms. The molecule has 0 atom stereocenters. The van der Waals surface area contributed by atoms with E-state index in [1.165, 1.54) is 0 Å². The minimum atomic E-state index is 0.146. The van der Waals surface area contributed by atoms with Crippen LogP contribution < -0.4 is 4.90 Å². The lowest BCUT2D eigenvalue weighted by Crippen LogP contribution is -2.27. The van der Waals surface area contributed by atoms with Crippen molar-refractivity contribution in [1.82, 2.24) is 14.9 Å². The maximum atomic E-state index is 12.6. The molecular formula is C21H28N4OS. The minimum absolute atomic E-state index is 0.146. The molecule has 1 fully saturated rings. The third-order valence-electron chi connectivity index (χ3n) is 4.70. The van der Waals surface area contributed by atoms with Gasteiger partial charge in [-0.25, -0.2) is 9.97 Å². The number of rotatable bonds is 6. The van der Waals surface area contributed by atoms with E-state index in [0.29, 0.717) is 5.92 Å². The Labute approximate surface area is 166 Å². The van der Waals surface area contributed by atoms with Crippen LogP contribution in [-0.4, -0.2) is 48.0 Å². The number of carbonyl (C=O) groups excluding carboxylic acids is 1. The summed E-state index contributed by atoms with van der Waals surface area (Å²) in [5, 5.41) is 0.779. The molecule has 0 bridgehead atoms. The maximum absolute atomic E-state index is 12.6. The summed E-state index contributed by atoms with van der Waals surface area (Å²) < 4.78 is 0. The number of aromatic nitrogens is 2. The first-order chi connectivity index (χ1) is 12.9. The van der Waals surface area contributed by atoms with Gasteiger partial charge in [0.2, 0.25) is 0 Å². The van der Waals surface area contributed by atoms with Gasteiger partial charge in [0.25, 0.3) is 5.91 Å². The van der Waals surface area contributed by atoms with Gasteiger partial charge in [0.05, 0.1) is 0 Å². The van der Waals surface area contributed by atoms with Gasteiger partial charge in [-0.15, -0.1) is 0 Å². The highest BCUT2D eigenvalue weighted by Gasteiger charge is 2.19. The minimum Gasteiger partial charge on any atom is -0.363 e. The molecule has 0 N–H and O–H groups in total. The standard InChI is InChI=1S/C21H28N4OS/c1-15(2)18-13-19(24(3)4)23-21(22-18)27-14-16-8-7-9-17(12-16)20(26)25-10-5-6-11-25/h7-9,12-13,15H,5-6,10-11,14H2,1-4H3. The third-order valence-corrected chi connectivity index (χ3v) is 5.62. The normalized spacial score (nSPS) is 14.0. The highest BCUT2D eigenvalue weighted by Crippen LogP contribution is 2.25. The number of benzene rings is 1. The van der Waals surface area contributed by atoms with E-state index in [0.717, 1.165) is 59.5 Å². The van der Waals surface area contributed by atoms with Crippen molar-refractivity contribution in [2.45, 2.75) is 43.5 Å². The molecule has 0 aliphatic carbocycles. The highest BCUT2D eigenvalue weighted by molar-refractivity contribution is 7.98. The highest BCUT2D eigenvalue weighted by atomic mass is 32.2. The van der Waals surface area contributed by atoms with E-state index in [2.05, 4.69) is 24.9 Å². The van der Waals surface area contributed by atoms with Crippen molar-refractivity contribution in [2.24, 2.45) is 0 Å². The summed E-state index contributed by atoms with van der Waals surface area (Å²) in [5.41, 5.74) is 2.95. The van der Waals surface area contributed by atoms with Crippen molar-refractivity contribution in [3.05, 3.63) is 47.2 Å². The summed E-state index contributed by atoms with van der Waals surface area (Å²) in [7, 11) is 3.99. The number of carbonyl (C=O) groups is 1. The van der Waals surface area contributed by atoms with E-state index in [1.807, 2.05) is 48.2 Å². The SMILES string of the molecule is CC(C)c1cc(N(C)C)nc(SCc2cccc(C(=O)N3CCCC3)c2)n1. The zero-order valence-electron chi connectivity index (χ0n) is 16.6. The number of hydrogen-bond acceptors (Lipinski definition) is 5. The second kappa shape index (κ2) is 8.74. The average molecular weight is 385 g/mol. The molecule has 1 aromatic carbocycles. The van der Waals surface area contributed by atoms with Crippen molar-refractivity contribution < 1.29 is 4.79 Å². The quantitative estimate of drug-likeness (QED) is 0.552. The Balaban J connectivity index is 1.73. The molecule has 1 aromatic heterocycles. The molecule has 3 rings (SSSR count). The van der Waals surface area contributed by atoms with E-state index >= 15 is 0 Å². The molecule has 1 amide bonds. The number of nitrogens with zero attached hydrogens (tertiary/aromatic N) is 4. The molecule has 1 aliphatic rings. The Morgan fingerprint density at radius 3 is 2.59 bits per heavy atom. The van der Waals surface area contributed by atoms with Crippen molar-refractivity contribution in [1.29, 1.82) is 0 Å². The van der Waals surface area contributed by atoms with Crippen LogP contribution >= 0.6 is 11.8 Å². The topological polar surface area (TPSA) is 49.3 Å². The second-order valence-electron chi connectivity index (χ2n) is 7.47. The fraction of sp³-hybridized carbons (Fsp3) is 0.476. The molecule has 0 saturated carbocycles. The van der Waals surface area contributed by atoms with Crippen LogP contribution in [0.25, 0.3) is 0 Å². The number of thioether (sulfide) groups is 1. The zero-order chi connectivity index (χ0) is 19.4. The van der Waals surface area contributed by atoms with Gasteiger partial charge in [0.15, 0.2) is 5.16 Å². The monoisotopic (exact) mass is 384 g/mol.